The molecule has 0 aromatic heterocycles. The van der Waals surface area contributed by atoms with E-state index in [9.17, 15) is 9.59 Å². The number of primary amides is 1. The van der Waals surface area contributed by atoms with Crippen LogP contribution in [0.3, 0.4) is 0 Å². The predicted molar refractivity (Wildman–Crippen MR) is 157 cm³/mol. The van der Waals surface area contributed by atoms with Crippen molar-refractivity contribution in [1.82, 2.24) is 4.90 Å². The van der Waals surface area contributed by atoms with E-state index in [2.05, 4.69) is 18.7 Å². The molecule has 0 atom stereocenters. The Morgan fingerprint density at radius 3 is 2.32 bits per heavy atom. The van der Waals surface area contributed by atoms with Crippen molar-refractivity contribution < 1.29 is 19.1 Å². The number of nitrogens with zero attached hydrogens (tertiary/aromatic N) is 2. The zero-order valence-corrected chi connectivity index (χ0v) is 22.9. The van der Waals surface area contributed by atoms with Gasteiger partial charge in [0.25, 0.3) is 11.8 Å². The highest BCUT2D eigenvalue weighted by atomic mass is 32.2. The van der Waals surface area contributed by atoms with Gasteiger partial charge >= 0.3 is 0 Å². The monoisotopic (exact) mass is 547 g/mol. The van der Waals surface area contributed by atoms with Gasteiger partial charge in [-0.3, -0.25) is 14.5 Å². The van der Waals surface area contributed by atoms with Crippen molar-refractivity contribution in [3.8, 4) is 17.2 Å². The van der Waals surface area contributed by atoms with E-state index in [0.717, 1.165) is 30.9 Å². The molecular formula is C29H29N3O4S2. The van der Waals surface area contributed by atoms with Crippen LogP contribution in [-0.4, -0.2) is 47.3 Å². The zero-order chi connectivity index (χ0) is 27.1. The third-order valence-electron chi connectivity index (χ3n) is 6.02. The Balaban J connectivity index is 1.40. The maximum absolute atomic E-state index is 13.2. The zero-order valence-electron chi connectivity index (χ0n) is 21.3. The maximum Gasteiger partial charge on any atom is 0.270 e. The number of thiocarbonyl (C=S) groups is 1. The van der Waals surface area contributed by atoms with Gasteiger partial charge in [0.15, 0.2) is 4.32 Å². The Morgan fingerprint density at radius 1 is 1.00 bits per heavy atom. The van der Waals surface area contributed by atoms with E-state index >= 15 is 0 Å². The molecule has 38 heavy (non-hydrogen) atoms. The molecule has 3 aromatic rings. The smallest absolute Gasteiger partial charge is 0.270 e. The topological polar surface area (TPSA) is 85.1 Å². The van der Waals surface area contributed by atoms with Gasteiger partial charge in [0.1, 0.15) is 23.9 Å². The van der Waals surface area contributed by atoms with E-state index in [1.807, 2.05) is 36.4 Å². The minimum atomic E-state index is -0.559. The molecule has 1 aliphatic rings. The van der Waals surface area contributed by atoms with Gasteiger partial charge in [0, 0.05) is 6.54 Å². The van der Waals surface area contributed by atoms with Crippen LogP contribution in [-0.2, 0) is 4.79 Å². The van der Waals surface area contributed by atoms with Gasteiger partial charge in [-0.25, -0.2) is 0 Å². The Morgan fingerprint density at radius 2 is 1.66 bits per heavy atom. The van der Waals surface area contributed by atoms with Crippen LogP contribution < -0.4 is 20.1 Å². The van der Waals surface area contributed by atoms with Gasteiger partial charge in [0.05, 0.1) is 16.2 Å². The summed E-state index contributed by atoms with van der Waals surface area (Å²) in [5.41, 5.74) is 7.24. The van der Waals surface area contributed by atoms with E-state index in [0.29, 0.717) is 38.6 Å². The molecule has 0 spiro atoms. The van der Waals surface area contributed by atoms with Gasteiger partial charge < -0.3 is 20.1 Å². The molecule has 7 nitrogen and oxygen atoms in total. The van der Waals surface area contributed by atoms with Gasteiger partial charge in [-0.15, -0.1) is 0 Å². The van der Waals surface area contributed by atoms with Gasteiger partial charge in [-0.1, -0.05) is 62.1 Å². The summed E-state index contributed by atoms with van der Waals surface area (Å²) in [4.78, 5) is 29.2. The average Bonchev–Trinajstić information content (AvgIpc) is 3.20. The van der Waals surface area contributed by atoms with E-state index in [4.69, 9.17) is 27.4 Å². The fourth-order valence-electron chi connectivity index (χ4n) is 3.88. The second-order valence-electron chi connectivity index (χ2n) is 8.42. The molecule has 0 saturated carbocycles. The predicted octanol–water partition coefficient (Wildman–Crippen LogP) is 5.70. The summed E-state index contributed by atoms with van der Waals surface area (Å²) in [5, 5.41) is 0. The number of ether oxygens (including phenoxy) is 2. The summed E-state index contributed by atoms with van der Waals surface area (Å²) in [6.07, 6.45) is 1.80. The quantitative estimate of drug-likeness (QED) is 0.243. The van der Waals surface area contributed by atoms with Crippen molar-refractivity contribution in [3.63, 3.8) is 0 Å². The molecule has 196 valence electrons. The fraction of sp³-hybridized carbons (Fsp3) is 0.207. The molecule has 2 N–H and O–H groups in total. The number of nitrogens with two attached hydrogens (primary N) is 1. The Kier molecular flexibility index (Phi) is 9.17. The third kappa shape index (κ3) is 6.61. The first-order chi connectivity index (χ1) is 18.4. The lowest BCUT2D eigenvalue weighted by Crippen LogP contribution is -2.28. The van der Waals surface area contributed by atoms with Crippen LogP contribution >= 0.6 is 24.0 Å². The summed E-state index contributed by atoms with van der Waals surface area (Å²) >= 11 is 6.77. The molecule has 1 saturated heterocycles. The van der Waals surface area contributed by atoms with Crippen molar-refractivity contribution in [2.75, 3.05) is 31.1 Å². The normalized spacial score (nSPS) is 14.4. The number of amides is 2. The maximum atomic E-state index is 13.2. The van der Waals surface area contributed by atoms with Crippen molar-refractivity contribution in [2.24, 2.45) is 5.73 Å². The van der Waals surface area contributed by atoms with E-state index in [-0.39, 0.29) is 5.91 Å². The summed E-state index contributed by atoms with van der Waals surface area (Å²) < 4.78 is 12.2. The number of likely N-dealkylation sites (N-methyl/N-ethyl adjacent to an activating group) is 1. The first-order valence-electron chi connectivity index (χ1n) is 12.3. The molecule has 1 fully saturated rings. The average molecular weight is 548 g/mol. The van der Waals surface area contributed by atoms with Gasteiger partial charge in [-0.05, 0) is 73.3 Å². The SMILES string of the molecule is CCN(CC)CCOc1ccc(N2C(=O)C(=Cc3ccc(Oc4ccccc4C(N)=O)cc3)SC2=S)cc1. The first-order valence-corrected chi connectivity index (χ1v) is 13.5. The molecule has 3 aromatic carbocycles. The van der Waals surface area contributed by atoms with E-state index in [1.165, 1.54) is 16.7 Å². The van der Waals surface area contributed by atoms with E-state index in [1.54, 1.807) is 42.5 Å². The number of para-hydroxylation sites is 1. The van der Waals surface area contributed by atoms with Crippen LogP contribution in [0.25, 0.3) is 6.08 Å². The van der Waals surface area contributed by atoms with Crippen LogP contribution in [0.1, 0.15) is 29.8 Å². The number of rotatable bonds is 11. The van der Waals surface area contributed by atoms with Crippen LogP contribution in [0, 0.1) is 0 Å². The van der Waals surface area contributed by atoms with Gasteiger partial charge in [-0.2, -0.15) is 0 Å². The highest BCUT2D eigenvalue weighted by Crippen LogP contribution is 2.37. The van der Waals surface area contributed by atoms with E-state index < -0.39 is 5.91 Å². The Hall–Kier alpha value is -3.66. The third-order valence-corrected chi connectivity index (χ3v) is 7.32. The number of carbonyl (C=O) groups is 2. The molecular weight excluding hydrogens is 518 g/mol. The number of anilines is 1. The molecule has 0 unspecified atom stereocenters. The molecule has 4 rings (SSSR count). The Labute approximate surface area is 232 Å². The van der Waals surface area contributed by atoms with Crippen LogP contribution in [0.5, 0.6) is 17.2 Å². The molecule has 1 heterocycles. The number of thioether (sulfide) groups is 1. The molecule has 2 amide bonds. The van der Waals surface area contributed by atoms with Gasteiger partial charge in [0.2, 0.25) is 0 Å². The summed E-state index contributed by atoms with van der Waals surface area (Å²) in [5.74, 6) is 0.946. The highest BCUT2D eigenvalue weighted by Gasteiger charge is 2.33. The minimum Gasteiger partial charge on any atom is -0.492 e. The number of benzene rings is 3. The van der Waals surface area contributed by atoms with Crippen LogP contribution in [0.15, 0.2) is 77.7 Å². The molecule has 0 radical (unpaired) electrons. The van der Waals surface area contributed by atoms with Crippen molar-refractivity contribution in [3.05, 3.63) is 88.8 Å². The number of hydrogen-bond acceptors (Lipinski definition) is 7. The number of hydrogen-bond donors (Lipinski definition) is 1. The second kappa shape index (κ2) is 12.7. The minimum absolute atomic E-state index is 0.175. The first kappa shape index (κ1) is 27.4. The standard InChI is InChI=1S/C29H29N3O4S2/c1-3-31(4-2)17-18-35-22-15-11-21(12-16-22)32-28(34)26(38-29(32)37)19-20-9-13-23(14-10-20)36-25-8-6-5-7-24(25)27(30)33/h5-16,19H,3-4,17-18H2,1-2H3,(H2,30,33). The molecule has 0 bridgehead atoms. The van der Waals surface area contributed by atoms with Crippen LogP contribution in [0.4, 0.5) is 5.69 Å². The summed E-state index contributed by atoms with van der Waals surface area (Å²) in [6, 6.07) is 21.4. The summed E-state index contributed by atoms with van der Waals surface area (Å²) in [6.45, 7) is 7.71. The lowest BCUT2D eigenvalue weighted by Gasteiger charge is -2.18. The molecule has 9 heteroatoms. The fourth-order valence-corrected chi connectivity index (χ4v) is 5.18. The number of carbonyl (C=O) groups excluding carboxylic acids is 2. The van der Waals surface area contributed by atoms with Crippen molar-refractivity contribution in [2.45, 2.75) is 13.8 Å². The van der Waals surface area contributed by atoms with Crippen molar-refractivity contribution >= 4 is 51.9 Å². The molecule has 1 aliphatic heterocycles. The van der Waals surface area contributed by atoms with Crippen molar-refractivity contribution in [1.29, 1.82) is 0 Å². The molecule has 0 aliphatic carbocycles. The largest absolute Gasteiger partial charge is 0.492 e. The summed E-state index contributed by atoms with van der Waals surface area (Å²) in [7, 11) is 0. The lowest BCUT2D eigenvalue weighted by molar-refractivity contribution is -0.113. The second-order valence-corrected chi connectivity index (χ2v) is 10.1. The van der Waals surface area contributed by atoms with Crippen LogP contribution in [0.2, 0.25) is 0 Å². The Bertz CT molecular complexity index is 1340. The lowest BCUT2D eigenvalue weighted by atomic mass is 10.2. The highest BCUT2D eigenvalue weighted by molar-refractivity contribution is 8.27.